The average molecular weight is 292 g/mol. The summed E-state index contributed by atoms with van der Waals surface area (Å²) in [5.74, 6) is 0.966. The van der Waals surface area contributed by atoms with Crippen molar-refractivity contribution in [3.8, 4) is 5.75 Å². The smallest absolute Gasteiger partial charge is 0.123 e. The first kappa shape index (κ1) is 16.3. The zero-order valence-electron chi connectivity index (χ0n) is 13.3. The molecule has 0 bridgehead atoms. The number of likely N-dealkylation sites (tertiary alicyclic amines) is 1. The number of piperidine rings is 1. The van der Waals surface area contributed by atoms with Crippen molar-refractivity contribution in [3.63, 3.8) is 0 Å². The summed E-state index contributed by atoms with van der Waals surface area (Å²) < 4.78 is 5.52. The van der Waals surface area contributed by atoms with Crippen LogP contribution in [0.5, 0.6) is 5.75 Å². The standard InChI is InChI=1S/C17H28N2O2/c1-3-8-18-12-15-5-4-14(11-17(15)21-2)13-19-9-6-16(20)7-10-19/h4-5,11,16,18,20H,3,6-10,12-13H2,1-2H3. The maximum Gasteiger partial charge on any atom is 0.123 e. The molecule has 1 aliphatic heterocycles. The number of benzene rings is 1. The van der Waals surface area contributed by atoms with E-state index in [0.29, 0.717) is 0 Å². The van der Waals surface area contributed by atoms with Crippen LogP contribution >= 0.6 is 0 Å². The van der Waals surface area contributed by atoms with Crippen molar-refractivity contribution in [1.82, 2.24) is 10.2 Å². The summed E-state index contributed by atoms with van der Waals surface area (Å²) in [5, 5.41) is 13.0. The van der Waals surface area contributed by atoms with Gasteiger partial charge in [0.2, 0.25) is 0 Å². The van der Waals surface area contributed by atoms with Crippen molar-refractivity contribution < 1.29 is 9.84 Å². The van der Waals surface area contributed by atoms with Gasteiger partial charge in [0.05, 0.1) is 13.2 Å². The van der Waals surface area contributed by atoms with E-state index >= 15 is 0 Å². The molecule has 1 aromatic rings. The highest BCUT2D eigenvalue weighted by molar-refractivity contribution is 5.37. The van der Waals surface area contributed by atoms with Gasteiger partial charge in [0.1, 0.15) is 5.75 Å². The van der Waals surface area contributed by atoms with Crippen LogP contribution in [0, 0.1) is 0 Å². The van der Waals surface area contributed by atoms with Crippen LogP contribution in [0.4, 0.5) is 0 Å². The minimum atomic E-state index is -0.109. The minimum absolute atomic E-state index is 0.109. The molecule has 0 saturated carbocycles. The molecule has 0 aromatic heterocycles. The topological polar surface area (TPSA) is 44.7 Å². The maximum absolute atomic E-state index is 9.56. The lowest BCUT2D eigenvalue weighted by molar-refractivity contribution is 0.0792. The number of ether oxygens (including phenoxy) is 1. The van der Waals surface area contributed by atoms with E-state index in [1.165, 1.54) is 11.1 Å². The fraction of sp³-hybridized carbons (Fsp3) is 0.647. The van der Waals surface area contributed by atoms with E-state index in [4.69, 9.17) is 4.74 Å². The molecule has 21 heavy (non-hydrogen) atoms. The van der Waals surface area contributed by atoms with Crippen LogP contribution in [0.25, 0.3) is 0 Å². The molecule has 0 unspecified atom stereocenters. The van der Waals surface area contributed by atoms with Crippen LogP contribution in [-0.4, -0.2) is 42.9 Å². The van der Waals surface area contributed by atoms with Crippen LogP contribution in [0.2, 0.25) is 0 Å². The van der Waals surface area contributed by atoms with E-state index in [2.05, 4.69) is 35.3 Å². The van der Waals surface area contributed by atoms with Gasteiger partial charge < -0.3 is 15.2 Å². The van der Waals surface area contributed by atoms with Gasteiger partial charge in [-0.3, -0.25) is 4.90 Å². The lowest BCUT2D eigenvalue weighted by Gasteiger charge is -2.29. The summed E-state index contributed by atoms with van der Waals surface area (Å²) in [7, 11) is 1.74. The van der Waals surface area contributed by atoms with Gasteiger partial charge in [0.25, 0.3) is 0 Å². The molecule has 1 aliphatic rings. The monoisotopic (exact) mass is 292 g/mol. The number of nitrogens with one attached hydrogen (secondary N) is 1. The molecule has 0 atom stereocenters. The van der Waals surface area contributed by atoms with Gasteiger partial charge in [0, 0.05) is 31.7 Å². The SMILES string of the molecule is CCCNCc1ccc(CN2CCC(O)CC2)cc1OC. The second-order valence-corrected chi connectivity index (χ2v) is 5.83. The molecule has 1 fully saturated rings. The van der Waals surface area contributed by atoms with Gasteiger partial charge in [-0.2, -0.15) is 0 Å². The molecule has 4 nitrogen and oxygen atoms in total. The number of nitrogens with zero attached hydrogens (tertiary/aromatic N) is 1. The van der Waals surface area contributed by atoms with Crippen LogP contribution in [-0.2, 0) is 13.1 Å². The highest BCUT2D eigenvalue weighted by atomic mass is 16.5. The average Bonchev–Trinajstić information content (AvgIpc) is 2.51. The number of rotatable bonds is 7. The number of hydrogen-bond donors (Lipinski definition) is 2. The molecule has 1 saturated heterocycles. The van der Waals surface area contributed by atoms with E-state index in [1.807, 2.05) is 0 Å². The first-order valence-corrected chi connectivity index (χ1v) is 8.00. The van der Waals surface area contributed by atoms with E-state index < -0.39 is 0 Å². The Balaban J connectivity index is 1.94. The van der Waals surface area contributed by atoms with Gasteiger partial charge in [-0.1, -0.05) is 19.1 Å². The highest BCUT2D eigenvalue weighted by Crippen LogP contribution is 2.22. The Bertz CT molecular complexity index is 429. The minimum Gasteiger partial charge on any atom is -0.496 e. The first-order valence-electron chi connectivity index (χ1n) is 8.00. The molecule has 0 amide bonds. The van der Waals surface area contributed by atoms with Crippen molar-refractivity contribution in [2.24, 2.45) is 0 Å². The molecule has 1 aromatic carbocycles. The van der Waals surface area contributed by atoms with Gasteiger partial charge in [-0.25, -0.2) is 0 Å². The first-order chi connectivity index (χ1) is 10.2. The predicted molar refractivity (Wildman–Crippen MR) is 85.5 cm³/mol. The summed E-state index contributed by atoms with van der Waals surface area (Å²) in [4.78, 5) is 2.40. The molecule has 0 spiro atoms. The zero-order chi connectivity index (χ0) is 15.1. The van der Waals surface area contributed by atoms with Crippen molar-refractivity contribution in [3.05, 3.63) is 29.3 Å². The lowest BCUT2D eigenvalue weighted by atomic mass is 10.1. The summed E-state index contributed by atoms with van der Waals surface area (Å²) in [6.45, 7) is 6.94. The fourth-order valence-electron chi connectivity index (χ4n) is 2.77. The Morgan fingerprint density at radius 2 is 2.10 bits per heavy atom. The van der Waals surface area contributed by atoms with Crippen LogP contribution in [0.1, 0.15) is 37.3 Å². The van der Waals surface area contributed by atoms with Crippen molar-refractivity contribution >= 4 is 0 Å². The Kier molecular flexibility index (Phi) is 6.49. The normalized spacial score (nSPS) is 17.1. The largest absolute Gasteiger partial charge is 0.496 e. The summed E-state index contributed by atoms with van der Waals surface area (Å²) >= 11 is 0. The number of aliphatic hydroxyl groups is 1. The molecule has 2 rings (SSSR count). The second kappa shape index (κ2) is 8.37. The summed E-state index contributed by atoms with van der Waals surface area (Å²) in [6, 6.07) is 6.50. The highest BCUT2D eigenvalue weighted by Gasteiger charge is 2.17. The summed E-state index contributed by atoms with van der Waals surface area (Å²) in [5.41, 5.74) is 2.49. The van der Waals surface area contributed by atoms with E-state index in [0.717, 1.165) is 57.7 Å². The van der Waals surface area contributed by atoms with Gasteiger partial charge >= 0.3 is 0 Å². The van der Waals surface area contributed by atoms with Crippen LogP contribution in [0.15, 0.2) is 18.2 Å². The molecular weight excluding hydrogens is 264 g/mol. The quantitative estimate of drug-likeness (QED) is 0.756. The predicted octanol–water partition coefficient (Wildman–Crippen LogP) is 2.15. The van der Waals surface area contributed by atoms with E-state index in [9.17, 15) is 5.11 Å². The third-order valence-electron chi connectivity index (χ3n) is 4.06. The molecule has 118 valence electrons. The van der Waals surface area contributed by atoms with Crippen LogP contribution < -0.4 is 10.1 Å². The number of methoxy groups -OCH3 is 1. The van der Waals surface area contributed by atoms with Gasteiger partial charge in [0.15, 0.2) is 0 Å². The van der Waals surface area contributed by atoms with Crippen molar-refractivity contribution in [2.45, 2.75) is 45.4 Å². The van der Waals surface area contributed by atoms with Crippen LogP contribution in [0.3, 0.4) is 0 Å². The van der Waals surface area contributed by atoms with E-state index in [-0.39, 0.29) is 6.10 Å². The van der Waals surface area contributed by atoms with Crippen molar-refractivity contribution in [1.29, 1.82) is 0 Å². The Morgan fingerprint density at radius 1 is 1.33 bits per heavy atom. The molecule has 2 N–H and O–H groups in total. The molecular formula is C17H28N2O2. The second-order valence-electron chi connectivity index (χ2n) is 5.83. The molecule has 4 heteroatoms. The molecule has 0 aliphatic carbocycles. The third kappa shape index (κ3) is 4.99. The molecule has 1 heterocycles. The Morgan fingerprint density at radius 3 is 2.76 bits per heavy atom. The lowest BCUT2D eigenvalue weighted by Crippen LogP contribution is -2.35. The summed E-state index contributed by atoms with van der Waals surface area (Å²) in [6.07, 6.45) is 2.80. The van der Waals surface area contributed by atoms with Crippen molar-refractivity contribution in [2.75, 3.05) is 26.7 Å². The maximum atomic E-state index is 9.56. The van der Waals surface area contributed by atoms with Gasteiger partial charge in [-0.15, -0.1) is 0 Å². The molecule has 0 radical (unpaired) electrons. The third-order valence-corrected chi connectivity index (χ3v) is 4.06. The van der Waals surface area contributed by atoms with E-state index in [1.54, 1.807) is 7.11 Å². The van der Waals surface area contributed by atoms with Gasteiger partial charge in [-0.05, 0) is 37.4 Å². The zero-order valence-corrected chi connectivity index (χ0v) is 13.3. The number of aliphatic hydroxyl groups excluding tert-OH is 1. The number of hydrogen-bond acceptors (Lipinski definition) is 4. The fourth-order valence-corrected chi connectivity index (χ4v) is 2.77. The Labute approximate surface area is 128 Å². The Hall–Kier alpha value is -1.10.